The number of carbonyl (C=O) groups is 6. The summed E-state index contributed by atoms with van der Waals surface area (Å²) in [5.41, 5.74) is 0. The zero-order chi connectivity index (χ0) is 35.0. The van der Waals surface area contributed by atoms with E-state index >= 15 is 0 Å². The molecule has 0 aliphatic carbocycles. The second-order valence-electron chi connectivity index (χ2n) is 11.9. The van der Waals surface area contributed by atoms with Crippen LogP contribution in [-0.2, 0) is 28.8 Å². The molecule has 268 valence electrons. The average Bonchev–Trinajstić information content (AvgIpc) is 2.99. The number of carboxylic acid groups (broad SMARTS) is 4. The molecule has 4 N–H and O–H groups in total. The minimum Gasteiger partial charge on any atom is -0.550 e. The zero-order valence-electron chi connectivity index (χ0n) is 29.0. The van der Waals surface area contributed by atoms with E-state index in [2.05, 4.69) is 24.5 Å². The van der Waals surface area contributed by atoms with Gasteiger partial charge in [-0.15, -0.1) is 0 Å². The van der Waals surface area contributed by atoms with Gasteiger partial charge in [0.2, 0.25) is 11.8 Å². The summed E-state index contributed by atoms with van der Waals surface area (Å²) in [6.45, 7) is 4.39. The summed E-state index contributed by atoms with van der Waals surface area (Å²) in [7, 11) is 0. The van der Waals surface area contributed by atoms with Crippen molar-refractivity contribution >= 4 is 58.7 Å². The molecule has 0 fully saturated rings. The van der Waals surface area contributed by atoms with Crippen molar-refractivity contribution < 1.29 is 49.2 Å². The Morgan fingerprint density at radius 3 is 0.957 bits per heavy atom. The van der Waals surface area contributed by atoms with Crippen LogP contribution in [0.2, 0.25) is 0 Å². The topological polar surface area (TPSA) is 213 Å². The van der Waals surface area contributed by atoms with E-state index < -0.39 is 36.0 Å². The van der Waals surface area contributed by atoms with Crippen molar-refractivity contribution in [2.75, 3.05) is 0 Å². The molecule has 0 spiro atoms. The maximum Gasteiger partial charge on any atom is 2.00 e. The largest absolute Gasteiger partial charge is 2.00 e. The van der Waals surface area contributed by atoms with Gasteiger partial charge in [-0.25, -0.2) is 9.59 Å². The molecule has 0 unspecified atom stereocenters. The van der Waals surface area contributed by atoms with Gasteiger partial charge in [0.15, 0.2) is 0 Å². The van der Waals surface area contributed by atoms with Crippen molar-refractivity contribution in [3.63, 3.8) is 0 Å². The Hall–Kier alpha value is -2.41. The molecule has 0 saturated heterocycles. The van der Waals surface area contributed by atoms with Gasteiger partial charge in [0, 0.05) is 24.8 Å². The minimum absolute atomic E-state index is 0. The van der Waals surface area contributed by atoms with Gasteiger partial charge in [-0.05, 0) is 38.5 Å². The van der Waals surface area contributed by atoms with Gasteiger partial charge in [0.05, 0.1) is 0 Å². The number of carbonyl (C=O) groups excluding carboxylic acids is 4. The third-order valence-corrected chi connectivity index (χ3v) is 7.56. The van der Waals surface area contributed by atoms with Gasteiger partial charge in [-0.1, -0.05) is 117 Å². The van der Waals surface area contributed by atoms with Crippen LogP contribution in [-0.4, -0.2) is 81.0 Å². The fraction of sp³-hybridized carbons (Fsp3) is 0.824. The van der Waals surface area contributed by atoms with Gasteiger partial charge in [-0.3, -0.25) is 9.59 Å². The molecule has 47 heavy (non-hydrogen) atoms. The fourth-order valence-corrected chi connectivity index (χ4v) is 4.76. The SMILES string of the molecule is CCCCCCCCCCCC(=O)N[C@@H](CCC(=O)[O-])C(=O)O.CCCCCCCCCCCC(=O)N[C@@H](CCC(=O)[O-])C(=O)O.[Mg+2]. The molecule has 12 nitrogen and oxygen atoms in total. The third-order valence-electron chi connectivity index (χ3n) is 7.56. The molecule has 0 aliphatic rings. The van der Waals surface area contributed by atoms with E-state index in [1.807, 2.05) is 0 Å². The third kappa shape index (κ3) is 36.3. The van der Waals surface area contributed by atoms with Crippen LogP contribution in [0.5, 0.6) is 0 Å². The number of amides is 2. The number of hydrogen-bond acceptors (Lipinski definition) is 8. The molecule has 0 heterocycles. The molecule has 0 radical (unpaired) electrons. The Morgan fingerprint density at radius 1 is 0.468 bits per heavy atom. The van der Waals surface area contributed by atoms with Crippen LogP contribution in [0.15, 0.2) is 0 Å². The van der Waals surface area contributed by atoms with Crippen molar-refractivity contribution in [3.8, 4) is 0 Å². The van der Waals surface area contributed by atoms with Crippen LogP contribution < -0.4 is 20.8 Å². The van der Waals surface area contributed by atoms with Gasteiger partial charge < -0.3 is 40.6 Å². The first-order valence-electron chi connectivity index (χ1n) is 17.4. The summed E-state index contributed by atoms with van der Waals surface area (Å²) in [4.78, 5) is 65.9. The number of unbranched alkanes of at least 4 members (excludes halogenated alkanes) is 16. The Balaban J connectivity index is -0.000000807. The summed E-state index contributed by atoms with van der Waals surface area (Å²) in [6.07, 6.45) is 20.1. The van der Waals surface area contributed by atoms with Crippen molar-refractivity contribution in [1.29, 1.82) is 0 Å². The van der Waals surface area contributed by atoms with Crippen LogP contribution in [0.1, 0.15) is 168 Å². The van der Waals surface area contributed by atoms with Gasteiger partial charge in [-0.2, -0.15) is 0 Å². The normalized spacial score (nSPS) is 11.6. The molecule has 2 atom stereocenters. The maximum atomic E-state index is 11.7. The van der Waals surface area contributed by atoms with Crippen LogP contribution in [0.3, 0.4) is 0 Å². The number of nitrogens with one attached hydrogen (secondary N) is 2. The molecule has 0 saturated carbocycles. The van der Waals surface area contributed by atoms with Crippen LogP contribution in [0.25, 0.3) is 0 Å². The van der Waals surface area contributed by atoms with E-state index in [0.29, 0.717) is 0 Å². The second-order valence-corrected chi connectivity index (χ2v) is 11.9. The summed E-state index contributed by atoms with van der Waals surface area (Å²) >= 11 is 0. The zero-order valence-corrected chi connectivity index (χ0v) is 30.4. The van der Waals surface area contributed by atoms with Gasteiger partial charge >= 0.3 is 35.0 Å². The van der Waals surface area contributed by atoms with E-state index in [0.717, 1.165) is 38.5 Å². The van der Waals surface area contributed by atoms with Crippen LogP contribution >= 0.6 is 0 Å². The first-order chi connectivity index (χ1) is 21.9. The number of hydrogen-bond donors (Lipinski definition) is 4. The van der Waals surface area contributed by atoms with Crippen LogP contribution in [0.4, 0.5) is 0 Å². The Kier molecular flexibility index (Phi) is 36.4. The maximum absolute atomic E-state index is 11.7. The number of rotatable bonds is 30. The molecule has 0 aromatic carbocycles. The second kappa shape index (κ2) is 34.9. The molecular weight excluding hydrogens is 621 g/mol. The Bertz CT molecular complexity index is 789. The Labute approximate surface area is 297 Å². The van der Waals surface area contributed by atoms with Crippen LogP contribution in [0, 0.1) is 0 Å². The first kappa shape index (κ1) is 49.0. The van der Waals surface area contributed by atoms with Gasteiger partial charge in [0.25, 0.3) is 0 Å². The smallest absolute Gasteiger partial charge is 0.550 e. The summed E-state index contributed by atoms with van der Waals surface area (Å²) in [6, 6.07) is -2.31. The van der Waals surface area contributed by atoms with E-state index in [4.69, 9.17) is 10.2 Å². The molecule has 0 aromatic rings. The van der Waals surface area contributed by atoms with E-state index in [-0.39, 0.29) is 73.4 Å². The van der Waals surface area contributed by atoms with Crippen molar-refractivity contribution in [3.05, 3.63) is 0 Å². The number of aliphatic carboxylic acids is 4. The van der Waals surface area contributed by atoms with Crippen molar-refractivity contribution in [2.45, 2.75) is 180 Å². The average molecular weight is 681 g/mol. The standard InChI is InChI=1S/2C17H31NO5.Mg/c2*1-2-3-4-5-6-7-8-9-10-11-15(19)18-14(17(22)23)12-13-16(20)21;/h2*14H,2-13H2,1H3,(H,18,19)(H,20,21)(H,22,23);/q;;+2/p-2/t2*14-;/m00./s1. The fourth-order valence-electron chi connectivity index (χ4n) is 4.76. The van der Waals surface area contributed by atoms with E-state index in [1.165, 1.54) is 77.0 Å². The Morgan fingerprint density at radius 2 is 0.723 bits per heavy atom. The summed E-state index contributed by atoms with van der Waals surface area (Å²) in [5, 5.41) is 43.3. The number of carboxylic acids is 4. The first-order valence-corrected chi connectivity index (χ1v) is 17.4. The molecule has 0 rings (SSSR count). The molecule has 0 aromatic heterocycles. The molecule has 0 aliphatic heterocycles. The van der Waals surface area contributed by atoms with E-state index in [9.17, 15) is 39.0 Å². The molecule has 13 heteroatoms. The predicted molar refractivity (Wildman–Crippen MR) is 177 cm³/mol. The molecule has 0 bridgehead atoms. The predicted octanol–water partition coefficient (Wildman–Crippen LogP) is 3.63. The van der Waals surface area contributed by atoms with E-state index in [1.54, 1.807) is 0 Å². The minimum atomic E-state index is -1.32. The van der Waals surface area contributed by atoms with Gasteiger partial charge in [0.1, 0.15) is 12.1 Å². The van der Waals surface area contributed by atoms with Crippen molar-refractivity contribution in [2.24, 2.45) is 0 Å². The quantitative estimate of drug-likeness (QED) is 0.0638. The molecule has 2 amide bonds. The monoisotopic (exact) mass is 680 g/mol. The summed E-state index contributed by atoms with van der Waals surface area (Å²) < 4.78 is 0. The molecular formula is C34H60MgN2O10. The van der Waals surface area contributed by atoms with Crippen molar-refractivity contribution in [1.82, 2.24) is 10.6 Å². The summed E-state index contributed by atoms with van der Waals surface area (Å²) in [5.74, 6) is -5.73.